The van der Waals surface area contributed by atoms with E-state index in [9.17, 15) is 0 Å². The summed E-state index contributed by atoms with van der Waals surface area (Å²) >= 11 is 0. The molecule has 2 spiro atoms. The van der Waals surface area contributed by atoms with Crippen molar-refractivity contribution in [2.75, 3.05) is 26.2 Å². The molecule has 3 saturated carbocycles. The van der Waals surface area contributed by atoms with E-state index in [4.69, 9.17) is 0 Å². The summed E-state index contributed by atoms with van der Waals surface area (Å²) in [4.78, 5) is 5.67. The lowest BCUT2D eigenvalue weighted by atomic mass is 9.56. The number of hydrogen-bond donors (Lipinski definition) is 0. The van der Waals surface area contributed by atoms with Crippen LogP contribution < -0.4 is 0 Å². The molecule has 2 saturated heterocycles. The van der Waals surface area contributed by atoms with Crippen molar-refractivity contribution >= 4 is 0 Å². The Kier molecular flexibility index (Phi) is 3.22. The summed E-state index contributed by atoms with van der Waals surface area (Å²) in [6.45, 7) is 8.11. The zero-order valence-corrected chi connectivity index (χ0v) is 14.5. The predicted octanol–water partition coefficient (Wildman–Crippen LogP) is 3.91. The summed E-state index contributed by atoms with van der Waals surface area (Å²) in [6, 6.07) is 1.96. The first-order valence-corrected chi connectivity index (χ1v) is 10.1. The molecule has 2 heterocycles. The summed E-state index contributed by atoms with van der Waals surface area (Å²) in [5.74, 6) is 1.02. The van der Waals surface area contributed by atoms with Crippen LogP contribution in [0.4, 0.5) is 0 Å². The van der Waals surface area contributed by atoms with Crippen molar-refractivity contribution in [3.8, 4) is 0 Å². The van der Waals surface area contributed by atoms with E-state index >= 15 is 0 Å². The van der Waals surface area contributed by atoms with Crippen LogP contribution in [0, 0.1) is 16.7 Å². The highest BCUT2D eigenvalue weighted by Crippen LogP contribution is 2.55. The van der Waals surface area contributed by atoms with Crippen LogP contribution in [0.25, 0.3) is 0 Å². The minimum Gasteiger partial charge on any atom is -0.300 e. The van der Waals surface area contributed by atoms with E-state index < -0.39 is 0 Å². The van der Waals surface area contributed by atoms with Crippen LogP contribution in [0.3, 0.4) is 0 Å². The van der Waals surface area contributed by atoms with Gasteiger partial charge in [-0.05, 0) is 107 Å². The minimum absolute atomic E-state index is 0.774. The Morgan fingerprint density at radius 2 is 1.09 bits per heavy atom. The van der Waals surface area contributed by atoms with Gasteiger partial charge in [-0.3, -0.25) is 0 Å². The first kappa shape index (κ1) is 14.3. The molecule has 5 fully saturated rings. The second-order valence-electron chi connectivity index (χ2n) is 9.88. The Balaban J connectivity index is 1.10. The van der Waals surface area contributed by atoms with Crippen LogP contribution >= 0.6 is 0 Å². The van der Waals surface area contributed by atoms with Gasteiger partial charge >= 0.3 is 0 Å². The molecule has 124 valence electrons. The van der Waals surface area contributed by atoms with E-state index in [1.807, 2.05) is 0 Å². The van der Waals surface area contributed by atoms with Crippen molar-refractivity contribution in [3.05, 3.63) is 0 Å². The van der Waals surface area contributed by atoms with Crippen LogP contribution in [0.2, 0.25) is 0 Å². The molecule has 2 nitrogen and oxygen atoms in total. The maximum Gasteiger partial charge on any atom is 0.0106 e. The van der Waals surface area contributed by atoms with Crippen LogP contribution in [0.1, 0.15) is 71.1 Å². The third kappa shape index (κ3) is 2.36. The van der Waals surface area contributed by atoms with Crippen molar-refractivity contribution in [3.63, 3.8) is 0 Å². The number of rotatable bonds is 2. The van der Waals surface area contributed by atoms with E-state index in [1.165, 1.54) is 90.4 Å². The van der Waals surface area contributed by atoms with Gasteiger partial charge in [0.05, 0.1) is 0 Å². The van der Waals surface area contributed by atoms with Gasteiger partial charge in [0.2, 0.25) is 0 Å². The first-order chi connectivity index (χ1) is 10.7. The highest BCUT2D eigenvalue weighted by atomic mass is 15.2. The van der Waals surface area contributed by atoms with Crippen molar-refractivity contribution in [2.24, 2.45) is 16.7 Å². The molecule has 0 aromatic carbocycles. The second-order valence-corrected chi connectivity index (χ2v) is 9.88. The number of hydrogen-bond acceptors (Lipinski definition) is 2. The van der Waals surface area contributed by atoms with E-state index in [1.54, 1.807) is 0 Å². The summed E-state index contributed by atoms with van der Waals surface area (Å²) in [7, 11) is 0. The Morgan fingerprint density at radius 3 is 1.55 bits per heavy atom. The summed E-state index contributed by atoms with van der Waals surface area (Å²) in [5, 5.41) is 0. The molecule has 0 radical (unpaired) electrons. The summed E-state index contributed by atoms with van der Waals surface area (Å²) < 4.78 is 0. The van der Waals surface area contributed by atoms with Crippen molar-refractivity contribution in [2.45, 2.75) is 83.2 Å². The van der Waals surface area contributed by atoms with Gasteiger partial charge in [0.15, 0.2) is 0 Å². The highest BCUT2D eigenvalue weighted by Gasteiger charge is 2.51. The van der Waals surface area contributed by atoms with Crippen LogP contribution in [-0.4, -0.2) is 48.1 Å². The van der Waals surface area contributed by atoms with E-state index in [2.05, 4.69) is 16.7 Å². The molecule has 5 aliphatic rings. The Morgan fingerprint density at radius 1 is 0.636 bits per heavy atom. The smallest absolute Gasteiger partial charge is 0.0106 e. The van der Waals surface area contributed by atoms with E-state index in [0.717, 1.165) is 28.8 Å². The average Bonchev–Trinajstić information content (AvgIpc) is 3.29. The highest BCUT2D eigenvalue weighted by molar-refractivity contribution is 5.04. The van der Waals surface area contributed by atoms with Gasteiger partial charge < -0.3 is 9.80 Å². The first-order valence-electron chi connectivity index (χ1n) is 10.1. The molecule has 2 aliphatic heterocycles. The molecule has 3 aliphatic carbocycles. The predicted molar refractivity (Wildman–Crippen MR) is 90.9 cm³/mol. The molecule has 0 bridgehead atoms. The standard InChI is InChI=1S/C20H34N2/c1-16-12-19(13-16)4-10-22(11-5-19)18-14-20(15-18)6-8-21(9-7-20)17-2-3-17/h16-18H,2-15H2,1H3. The molecular weight excluding hydrogens is 268 g/mol. The fourth-order valence-corrected chi connectivity index (χ4v) is 6.60. The largest absolute Gasteiger partial charge is 0.300 e. The average molecular weight is 303 g/mol. The second kappa shape index (κ2) is 4.96. The topological polar surface area (TPSA) is 6.48 Å². The lowest BCUT2D eigenvalue weighted by Gasteiger charge is -2.58. The van der Waals surface area contributed by atoms with Crippen molar-refractivity contribution < 1.29 is 0 Å². The van der Waals surface area contributed by atoms with Gasteiger partial charge in [-0.2, -0.15) is 0 Å². The Bertz CT molecular complexity index is 409. The molecule has 0 atom stereocenters. The van der Waals surface area contributed by atoms with Crippen LogP contribution in [-0.2, 0) is 0 Å². The molecule has 22 heavy (non-hydrogen) atoms. The van der Waals surface area contributed by atoms with Crippen molar-refractivity contribution in [1.82, 2.24) is 9.80 Å². The molecule has 5 rings (SSSR count). The van der Waals surface area contributed by atoms with Crippen LogP contribution in [0.15, 0.2) is 0 Å². The summed E-state index contributed by atoms with van der Waals surface area (Å²) in [6.07, 6.45) is 15.2. The molecule has 0 amide bonds. The number of piperidine rings is 2. The fraction of sp³-hybridized carbons (Fsp3) is 1.00. The Hall–Kier alpha value is -0.0800. The quantitative estimate of drug-likeness (QED) is 0.763. The van der Waals surface area contributed by atoms with Gasteiger partial charge in [-0.15, -0.1) is 0 Å². The van der Waals surface area contributed by atoms with Gasteiger partial charge in [0, 0.05) is 12.1 Å². The van der Waals surface area contributed by atoms with Gasteiger partial charge in [-0.25, -0.2) is 0 Å². The van der Waals surface area contributed by atoms with E-state index in [0.29, 0.717) is 0 Å². The lowest BCUT2D eigenvalue weighted by Crippen LogP contribution is -2.58. The minimum atomic E-state index is 0.774. The maximum absolute atomic E-state index is 2.88. The molecule has 2 heteroatoms. The fourth-order valence-electron chi connectivity index (χ4n) is 6.60. The number of likely N-dealkylation sites (tertiary alicyclic amines) is 2. The number of nitrogens with zero attached hydrogens (tertiary/aromatic N) is 2. The molecule has 0 N–H and O–H groups in total. The molecule has 0 aromatic rings. The zero-order chi connectivity index (χ0) is 14.8. The maximum atomic E-state index is 2.88. The van der Waals surface area contributed by atoms with Gasteiger partial charge in [-0.1, -0.05) is 6.92 Å². The Labute approximate surface area is 136 Å². The third-order valence-corrected chi connectivity index (χ3v) is 8.20. The van der Waals surface area contributed by atoms with Gasteiger partial charge in [0.25, 0.3) is 0 Å². The van der Waals surface area contributed by atoms with E-state index in [-0.39, 0.29) is 0 Å². The monoisotopic (exact) mass is 302 g/mol. The van der Waals surface area contributed by atoms with Crippen molar-refractivity contribution in [1.29, 1.82) is 0 Å². The molecule has 0 aromatic heterocycles. The SMILES string of the molecule is CC1CC2(CCN(C3CC4(CCN(C5CC5)CC4)C3)CC2)C1. The van der Waals surface area contributed by atoms with Gasteiger partial charge in [0.1, 0.15) is 0 Å². The lowest BCUT2D eigenvalue weighted by molar-refractivity contribution is -0.0793. The summed E-state index contributed by atoms with van der Waals surface area (Å²) in [5.41, 5.74) is 1.57. The molecule has 0 unspecified atom stereocenters. The third-order valence-electron chi connectivity index (χ3n) is 8.20. The molecular formula is C20H34N2. The normalized spacial score (nSPS) is 38.9. The van der Waals surface area contributed by atoms with Crippen LogP contribution in [0.5, 0.6) is 0 Å². The zero-order valence-electron chi connectivity index (χ0n) is 14.5.